The molecule has 0 rings (SSSR count). The van der Waals surface area contributed by atoms with Gasteiger partial charge in [0.2, 0.25) is 0 Å². The normalized spacial score (nSPS) is 6.60. The van der Waals surface area contributed by atoms with Gasteiger partial charge in [-0.25, -0.2) is 4.79 Å². The predicted octanol–water partition coefficient (Wildman–Crippen LogP) is -0.800. The minimum Gasteiger partial charge on any atom is -0.352 e. The Hall–Kier alpha value is -0.730. The average Bonchev–Trinajstić information content (AvgIpc) is 1.38. The third kappa shape index (κ3) is 3.27. The molecule has 0 aliphatic rings. The van der Waals surface area contributed by atoms with E-state index in [0.717, 1.165) is 0 Å². The Morgan fingerprint density at radius 3 is 2.20 bits per heavy atom. The summed E-state index contributed by atoms with van der Waals surface area (Å²) >= 11 is 0. The minimum atomic E-state index is -0.829. The van der Waals surface area contributed by atoms with Crippen molar-refractivity contribution in [3.63, 3.8) is 0 Å². The third-order valence-corrected chi connectivity index (χ3v) is 0.123. The summed E-state index contributed by atoms with van der Waals surface area (Å²) in [5.74, 6) is 0. The van der Waals surface area contributed by atoms with Gasteiger partial charge in [0.25, 0.3) is 0 Å². The first kappa shape index (κ1) is 4.27. The molecule has 3 radical (unpaired) electrons. The first-order valence-corrected chi connectivity index (χ1v) is 0.993. The molecule has 0 fully saturated rings. The fourth-order valence-electron chi connectivity index (χ4n) is 0. The van der Waals surface area contributed by atoms with Crippen LogP contribution in [-0.4, -0.2) is 6.03 Å². The van der Waals surface area contributed by atoms with Gasteiger partial charge >= 0.3 is 6.03 Å². The maximum Gasteiger partial charge on any atom is 0.312 e. The van der Waals surface area contributed by atoms with Crippen LogP contribution in [0.5, 0.6) is 0 Å². The standard InChI is InChI=1S/C2H3N2O/c1-4-2(3)5/h(H3,3,4,5). The Morgan fingerprint density at radius 2 is 2.20 bits per heavy atom. The average molecular weight is 71.1 g/mol. The van der Waals surface area contributed by atoms with E-state index >= 15 is 0 Å². The lowest BCUT2D eigenvalue weighted by Crippen LogP contribution is -2.22. The van der Waals surface area contributed by atoms with Gasteiger partial charge < -0.3 is 11.1 Å². The van der Waals surface area contributed by atoms with E-state index < -0.39 is 6.03 Å². The molecule has 0 spiro atoms. The van der Waals surface area contributed by atoms with Crippen LogP contribution in [0.4, 0.5) is 4.79 Å². The summed E-state index contributed by atoms with van der Waals surface area (Å²) in [4.78, 5) is 9.29. The molecular weight excluding hydrogens is 68.0 g/mol. The molecule has 3 N–H and O–H groups in total. The lowest BCUT2D eigenvalue weighted by Gasteiger charge is -1.78. The molecule has 0 aliphatic carbocycles. The van der Waals surface area contributed by atoms with Gasteiger partial charge in [0, 0.05) is 0 Å². The van der Waals surface area contributed by atoms with E-state index in [1.807, 2.05) is 0 Å². The van der Waals surface area contributed by atoms with Crippen LogP contribution >= 0.6 is 0 Å². The molecule has 5 heavy (non-hydrogen) atoms. The lowest BCUT2D eigenvalue weighted by molar-refractivity contribution is 0.252. The van der Waals surface area contributed by atoms with E-state index in [-0.39, 0.29) is 0 Å². The molecule has 3 nitrogen and oxygen atoms in total. The van der Waals surface area contributed by atoms with E-state index in [9.17, 15) is 4.79 Å². The van der Waals surface area contributed by atoms with Crippen LogP contribution < -0.4 is 11.1 Å². The van der Waals surface area contributed by atoms with Crippen LogP contribution in [0.1, 0.15) is 0 Å². The summed E-state index contributed by atoms with van der Waals surface area (Å²) in [5, 5.41) is 1.42. The van der Waals surface area contributed by atoms with Crippen molar-refractivity contribution in [1.29, 1.82) is 0 Å². The maximum absolute atomic E-state index is 9.29. The summed E-state index contributed by atoms with van der Waals surface area (Å²) in [7, 11) is 5.93. The summed E-state index contributed by atoms with van der Waals surface area (Å²) in [6.07, 6.45) is 0. The highest BCUT2D eigenvalue weighted by Crippen LogP contribution is 1.41. The van der Waals surface area contributed by atoms with Crippen LogP contribution in [0.2, 0.25) is 0 Å². The SMILES string of the molecule is [C]NC(N)=O. The lowest BCUT2D eigenvalue weighted by atomic mass is 11.1. The molecule has 3 heteroatoms. The highest BCUT2D eigenvalue weighted by molar-refractivity contribution is 5.71. The molecule has 0 unspecified atom stereocenters. The van der Waals surface area contributed by atoms with Gasteiger partial charge in [-0.2, -0.15) is 0 Å². The first-order valence-electron chi connectivity index (χ1n) is 0.993. The third-order valence-electron chi connectivity index (χ3n) is 0.123. The van der Waals surface area contributed by atoms with Crippen molar-refractivity contribution in [3.05, 3.63) is 7.05 Å². The number of amides is 2. The van der Waals surface area contributed by atoms with E-state index in [1.54, 1.807) is 0 Å². The Morgan fingerprint density at radius 1 is 2.00 bits per heavy atom. The van der Waals surface area contributed by atoms with Crippen LogP contribution in [0.15, 0.2) is 0 Å². The molecule has 0 aromatic rings. The summed E-state index contributed by atoms with van der Waals surface area (Å²) < 4.78 is 0. The van der Waals surface area contributed by atoms with Crippen molar-refractivity contribution in [2.24, 2.45) is 5.73 Å². The molecule has 0 aromatic carbocycles. The number of carbonyl (C=O) groups is 1. The summed E-state index contributed by atoms with van der Waals surface area (Å²) in [6, 6.07) is -0.829. The topological polar surface area (TPSA) is 55.1 Å². The number of urea groups is 1. The van der Waals surface area contributed by atoms with Gasteiger partial charge in [0.1, 0.15) is 7.05 Å². The zero-order chi connectivity index (χ0) is 4.28. The molecule has 0 atom stereocenters. The van der Waals surface area contributed by atoms with Gasteiger partial charge in [-0.3, -0.25) is 0 Å². The Balaban J connectivity index is 2.85. The van der Waals surface area contributed by atoms with Gasteiger partial charge in [-0.1, -0.05) is 0 Å². The molecule has 0 bridgehead atoms. The van der Waals surface area contributed by atoms with Crippen LogP contribution in [0, 0.1) is 7.05 Å². The maximum atomic E-state index is 9.29. The van der Waals surface area contributed by atoms with Crippen LogP contribution in [0.3, 0.4) is 0 Å². The molecule has 0 aromatic heterocycles. The second-order valence-corrected chi connectivity index (χ2v) is 0.489. The number of carbonyl (C=O) groups excluding carboxylic acids is 1. The summed E-state index contributed by atoms with van der Waals surface area (Å²) in [5.41, 5.74) is 4.35. The number of hydrogen-bond acceptors (Lipinski definition) is 1. The second-order valence-electron chi connectivity index (χ2n) is 0.489. The number of nitrogens with one attached hydrogen (secondary N) is 1. The minimum absolute atomic E-state index is 0.829. The van der Waals surface area contributed by atoms with Crippen molar-refractivity contribution < 1.29 is 4.79 Å². The van der Waals surface area contributed by atoms with Crippen molar-refractivity contribution >= 4 is 6.03 Å². The van der Waals surface area contributed by atoms with E-state index in [4.69, 9.17) is 7.05 Å². The molecule has 2 amide bonds. The number of rotatable bonds is 0. The molecular formula is C2H3N2O. The fourth-order valence-corrected chi connectivity index (χ4v) is 0. The highest BCUT2D eigenvalue weighted by Gasteiger charge is 1.74. The van der Waals surface area contributed by atoms with Crippen LogP contribution in [-0.2, 0) is 0 Å². The number of nitrogens with two attached hydrogens (primary N) is 1. The Labute approximate surface area is 30.2 Å². The smallest absolute Gasteiger partial charge is 0.312 e. The number of hydrogen-bond donors (Lipinski definition) is 2. The van der Waals surface area contributed by atoms with Gasteiger partial charge in [-0.15, -0.1) is 0 Å². The monoisotopic (exact) mass is 71.0 g/mol. The molecule has 0 saturated heterocycles. The zero-order valence-corrected chi connectivity index (χ0v) is 2.49. The van der Waals surface area contributed by atoms with Gasteiger partial charge in [0.15, 0.2) is 0 Å². The van der Waals surface area contributed by atoms with E-state index in [1.165, 1.54) is 5.32 Å². The first-order chi connectivity index (χ1) is 2.27. The Bertz CT molecular complexity index is 42.9. The highest BCUT2D eigenvalue weighted by atomic mass is 16.2. The molecule has 0 saturated carbocycles. The Kier molecular flexibility index (Phi) is 1.35. The summed E-state index contributed by atoms with van der Waals surface area (Å²) in [6.45, 7) is 0. The van der Waals surface area contributed by atoms with Crippen LogP contribution in [0.25, 0.3) is 0 Å². The zero-order valence-electron chi connectivity index (χ0n) is 2.49. The van der Waals surface area contributed by atoms with E-state index in [2.05, 4.69) is 5.73 Å². The van der Waals surface area contributed by atoms with Crippen molar-refractivity contribution in [3.8, 4) is 0 Å². The largest absolute Gasteiger partial charge is 0.352 e. The predicted molar refractivity (Wildman–Crippen MR) is 16.0 cm³/mol. The second kappa shape index (κ2) is 1.58. The van der Waals surface area contributed by atoms with Gasteiger partial charge in [0.05, 0.1) is 0 Å². The van der Waals surface area contributed by atoms with E-state index in [0.29, 0.717) is 0 Å². The van der Waals surface area contributed by atoms with Crippen molar-refractivity contribution in [1.82, 2.24) is 5.32 Å². The molecule has 27 valence electrons. The van der Waals surface area contributed by atoms with Crippen molar-refractivity contribution in [2.75, 3.05) is 0 Å². The van der Waals surface area contributed by atoms with Gasteiger partial charge in [-0.05, 0) is 0 Å². The molecule has 0 heterocycles. The number of primary amides is 1. The quantitative estimate of drug-likeness (QED) is 0.386. The van der Waals surface area contributed by atoms with Crippen molar-refractivity contribution in [2.45, 2.75) is 0 Å². The molecule has 0 aliphatic heterocycles. The fraction of sp³-hybridized carbons (Fsp3) is 0.